The van der Waals surface area contributed by atoms with Gasteiger partial charge >= 0.3 is 23.9 Å². The molecule has 0 radical (unpaired) electrons. The Kier molecular flexibility index (Phi) is 7.16. The lowest BCUT2D eigenvalue weighted by Crippen LogP contribution is -2.39. The van der Waals surface area contributed by atoms with Gasteiger partial charge in [-0.3, -0.25) is 19.2 Å². The molecule has 0 rings (SSSR count). The first-order valence-electron chi connectivity index (χ1n) is 5.23. The number of ether oxygens (including phenoxy) is 4. The van der Waals surface area contributed by atoms with E-state index in [4.69, 9.17) is 0 Å². The maximum atomic E-state index is 11.6. The van der Waals surface area contributed by atoms with Gasteiger partial charge in [-0.2, -0.15) is 0 Å². The fraction of sp³-hybridized carbons (Fsp3) is 0.636. The van der Waals surface area contributed by atoms with Gasteiger partial charge in [-0.15, -0.1) is 0 Å². The third-order valence-corrected chi connectivity index (χ3v) is 2.43. The normalized spacial score (nSPS) is 11.4. The molecule has 0 saturated heterocycles. The van der Waals surface area contributed by atoms with Crippen molar-refractivity contribution in [3.63, 3.8) is 0 Å². The Morgan fingerprint density at radius 2 is 1.16 bits per heavy atom. The molecular weight excluding hydrogens is 260 g/mol. The average Bonchev–Trinajstić information content (AvgIpc) is 2.44. The lowest BCUT2D eigenvalue weighted by molar-refractivity contribution is -0.170. The fourth-order valence-corrected chi connectivity index (χ4v) is 1.43. The van der Waals surface area contributed by atoms with E-state index in [1.165, 1.54) is 0 Å². The molecule has 0 aromatic carbocycles. The highest BCUT2D eigenvalue weighted by Crippen LogP contribution is 2.21. The zero-order chi connectivity index (χ0) is 15.0. The number of rotatable bonds is 6. The summed E-state index contributed by atoms with van der Waals surface area (Å²) in [6, 6.07) is 0. The lowest BCUT2D eigenvalue weighted by atomic mass is 9.89. The van der Waals surface area contributed by atoms with Gasteiger partial charge < -0.3 is 18.9 Å². The molecule has 1 unspecified atom stereocenters. The third kappa shape index (κ3) is 4.57. The summed E-state index contributed by atoms with van der Waals surface area (Å²) in [6.07, 6.45) is -0.502. The Morgan fingerprint density at radius 3 is 1.47 bits per heavy atom. The minimum atomic E-state index is -1.58. The molecule has 8 nitrogen and oxygen atoms in total. The van der Waals surface area contributed by atoms with Crippen LogP contribution >= 0.6 is 0 Å². The van der Waals surface area contributed by atoms with E-state index in [0.717, 1.165) is 28.4 Å². The molecule has 0 saturated carbocycles. The van der Waals surface area contributed by atoms with E-state index in [0.29, 0.717) is 0 Å². The van der Waals surface area contributed by atoms with Crippen molar-refractivity contribution in [1.82, 2.24) is 0 Å². The molecule has 0 bridgehead atoms. The molecule has 19 heavy (non-hydrogen) atoms. The van der Waals surface area contributed by atoms with Crippen LogP contribution in [0, 0.1) is 11.8 Å². The van der Waals surface area contributed by atoms with Crippen molar-refractivity contribution in [2.75, 3.05) is 28.4 Å². The largest absolute Gasteiger partial charge is 0.469 e. The number of hydrogen-bond donors (Lipinski definition) is 0. The van der Waals surface area contributed by atoms with Crippen LogP contribution in [0.1, 0.15) is 6.42 Å². The van der Waals surface area contributed by atoms with Gasteiger partial charge in [-0.1, -0.05) is 0 Å². The Labute approximate surface area is 109 Å². The Balaban J connectivity index is 5.34. The molecule has 1 atom stereocenters. The predicted octanol–water partition coefficient (Wildman–Crippen LogP) is -0.699. The van der Waals surface area contributed by atoms with Gasteiger partial charge in [0.25, 0.3) is 0 Å². The quantitative estimate of drug-likeness (QED) is 0.356. The van der Waals surface area contributed by atoms with E-state index in [2.05, 4.69) is 18.9 Å². The van der Waals surface area contributed by atoms with Crippen molar-refractivity contribution in [1.29, 1.82) is 0 Å². The summed E-state index contributed by atoms with van der Waals surface area (Å²) in [5, 5.41) is 0. The van der Waals surface area contributed by atoms with Crippen molar-refractivity contribution in [3.8, 4) is 0 Å². The molecule has 108 valence electrons. The smallest absolute Gasteiger partial charge is 0.320 e. The second-order valence-corrected chi connectivity index (χ2v) is 3.43. The van der Waals surface area contributed by atoms with Gasteiger partial charge in [0.15, 0.2) is 5.92 Å². The molecule has 0 aliphatic rings. The highest BCUT2D eigenvalue weighted by molar-refractivity contribution is 6.00. The Bertz CT molecular complexity index is 346. The van der Waals surface area contributed by atoms with Crippen LogP contribution in [-0.4, -0.2) is 52.3 Å². The summed E-state index contributed by atoms with van der Waals surface area (Å²) in [6.45, 7) is 0. The molecule has 0 aliphatic heterocycles. The SMILES string of the molecule is COC(=O)CC(C(=O)OC)C(C(=O)OC)C(=O)OC. The van der Waals surface area contributed by atoms with Crippen LogP contribution in [0.3, 0.4) is 0 Å². The van der Waals surface area contributed by atoms with Crippen molar-refractivity contribution in [2.24, 2.45) is 11.8 Å². The summed E-state index contributed by atoms with van der Waals surface area (Å²) < 4.78 is 17.7. The monoisotopic (exact) mass is 276 g/mol. The molecule has 0 N–H and O–H groups in total. The van der Waals surface area contributed by atoms with Crippen LogP contribution in [0.25, 0.3) is 0 Å². The summed E-state index contributed by atoms with van der Waals surface area (Å²) in [7, 11) is 4.27. The molecule has 0 heterocycles. The zero-order valence-corrected chi connectivity index (χ0v) is 11.1. The van der Waals surface area contributed by atoms with E-state index >= 15 is 0 Å². The van der Waals surface area contributed by atoms with Gasteiger partial charge in [-0.25, -0.2) is 0 Å². The molecule has 0 aromatic heterocycles. The summed E-state index contributed by atoms with van der Waals surface area (Å²) in [5.41, 5.74) is 0. The van der Waals surface area contributed by atoms with Crippen LogP contribution in [0.2, 0.25) is 0 Å². The maximum Gasteiger partial charge on any atom is 0.320 e. The third-order valence-electron chi connectivity index (χ3n) is 2.43. The summed E-state index contributed by atoms with van der Waals surface area (Å²) in [5.74, 6) is -6.62. The first-order valence-corrected chi connectivity index (χ1v) is 5.23. The Hall–Kier alpha value is -2.12. The standard InChI is InChI=1S/C11H16O8/c1-16-7(12)5-6(9(13)17-2)8(10(14)18-3)11(15)19-4/h6,8H,5H2,1-4H3. The fourth-order valence-electron chi connectivity index (χ4n) is 1.43. The number of esters is 4. The molecule has 0 fully saturated rings. The van der Waals surface area contributed by atoms with E-state index in [9.17, 15) is 19.2 Å². The van der Waals surface area contributed by atoms with Crippen LogP contribution in [0.15, 0.2) is 0 Å². The minimum absolute atomic E-state index is 0.502. The van der Waals surface area contributed by atoms with Gasteiger partial charge in [0, 0.05) is 0 Å². The predicted molar refractivity (Wildman–Crippen MR) is 59.7 cm³/mol. The lowest BCUT2D eigenvalue weighted by Gasteiger charge is -2.20. The van der Waals surface area contributed by atoms with Crippen LogP contribution < -0.4 is 0 Å². The van der Waals surface area contributed by atoms with Crippen LogP contribution in [0.4, 0.5) is 0 Å². The topological polar surface area (TPSA) is 105 Å². The van der Waals surface area contributed by atoms with E-state index in [1.54, 1.807) is 0 Å². The van der Waals surface area contributed by atoms with Gasteiger partial charge in [-0.05, 0) is 0 Å². The second kappa shape index (κ2) is 8.06. The van der Waals surface area contributed by atoms with Crippen molar-refractivity contribution in [2.45, 2.75) is 6.42 Å². The Morgan fingerprint density at radius 1 is 0.737 bits per heavy atom. The molecule has 0 aromatic rings. The van der Waals surface area contributed by atoms with Crippen LogP contribution in [0.5, 0.6) is 0 Å². The zero-order valence-electron chi connectivity index (χ0n) is 11.1. The highest BCUT2D eigenvalue weighted by atomic mass is 16.5. The molecule has 0 aliphatic carbocycles. The van der Waals surface area contributed by atoms with Crippen molar-refractivity contribution >= 4 is 23.9 Å². The number of methoxy groups -OCH3 is 4. The molecular formula is C11H16O8. The molecule has 8 heteroatoms. The highest BCUT2D eigenvalue weighted by Gasteiger charge is 2.43. The van der Waals surface area contributed by atoms with E-state index < -0.39 is 42.1 Å². The first kappa shape index (κ1) is 16.9. The van der Waals surface area contributed by atoms with E-state index in [-0.39, 0.29) is 0 Å². The molecule has 0 spiro atoms. The summed E-state index contributed by atoms with van der Waals surface area (Å²) in [4.78, 5) is 46.0. The summed E-state index contributed by atoms with van der Waals surface area (Å²) >= 11 is 0. The second-order valence-electron chi connectivity index (χ2n) is 3.43. The molecule has 0 amide bonds. The number of carbonyl (C=O) groups is 4. The van der Waals surface area contributed by atoms with Gasteiger partial charge in [0.1, 0.15) is 0 Å². The van der Waals surface area contributed by atoms with Crippen molar-refractivity contribution in [3.05, 3.63) is 0 Å². The van der Waals surface area contributed by atoms with Crippen LogP contribution in [-0.2, 0) is 38.1 Å². The van der Waals surface area contributed by atoms with Gasteiger partial charge in [0.2, 0.25) is 0 Å². The van der Waals surface area contributed by atoms with E-state index in [1.807, 2.05) is 0 Å². The average molecular weight is 276 g/mol. The number of hydrogen-bond acceptors (Lipinski definition) is 8. The maximum absolute atomic E-state index is 11.6. The number of carbonyl (C=O) groups excluding carboxylic acids is 4. The van der Waals surface area contributed by atoms with Crippen molar-refractivity contribution < 1.29 is 38.1 Å². The minimum Gasteiger partial charge on any atom is -0.469 e. The first-order chi connectivity index (χ1) is 8.92. The van der Waals surface area contributed by atoms with Gasteiger partial charge in [0.05, 0.1) is 40.8 Å².